The molecule has 1 amide bonds. The molecule has 3 N–H and O–H groups in total. The average molecular weight is 290 g/mol. The van der Waals surface area contributed by atoms with E-state index in [4.69, 9.17) is 5.73 Å². The molecule has 0 spiro atoms. The van der Waals surface area contributed by atoms with E-state index < -0.39 is 23.1 Å². The molecule has 0 atom stereocenters. The summed E-state index contributed by atoms with van der Waals surface area (Å²) in [5, 5.41) is 2.50. The molecule has 0 bridgehead atoms. The van der Waals surface area contributed by atoms with Crippen molar-refractivity contribution >= 4 is 17.3 Å². The molecule has 0 fully saturated rings. The molecular formula is C16H16F2N2O. The van der Waals surface area contributed by atoms with Crippen LogP contribution in [0.2, 0.25) is 0 Å². The van der Waals surface area contributed by atoms with Crippen molar-refractivity contribution in [1.82, 2.24) is 0 Å². The van der Waals surface area contributed by atoms with Gasteiger partial charge in [0.1, 0.15) is 17.2 Å². The molecule has 0 saturated heterocycles. The molecule has 2 aromatic rings. The molecule has 0 aliphatic heterocycles. The number of nitrogen functional groups attached to an aromatic ring is 1. The van der Waals surface area contributed by atoms with Crippen LogP contribution in [0.5, 0.6) is 0 Å². The third kappa shape index (κ3) is 2.72. The van der Waals surface area contributed by atoms with Gasteiger partial charge in [0.2, 0.25) is 0 Å². The van der Waals surface area contributed by atoms with E-state index >= 15 is 0 Å². The van der Waals surface area contributed by atoms with Crippen molar-refractivity contribution in [2.45, 2.75) is 20.8 Å². The van der Waals surface area contributed by atoms with Crippen LogP contribution in [-0.4, -0.2) is 5.91 Å². The lowest BCUT2D eigenvalue weighted by molar-refractivity contribution is 0.101. The Morgan fingerprint density at radius 1 is 1.05 bits per heavy atom. The Bertz CT molecular complexity index is 727. The second-order valence-corrected chi connectivity index (χ2v) is 4.98. The van der Waals surface area contributed by atoms with Crippen molar-refractivity contribution in [1.29, 1.82) is 0 Å². The average Bonchev–Trinajstić information content (AvgIpc) is 2.44. The van der Waals surface area contributed by atoms with Gasteiger partial charge in [-0.15, -0.1) is 0 Å². The first-order chi connectivity index (χ1) is 9.82. The second kappa shape index (κ2) is 5.52. The van der Waals surface area contributed by atoms with Crippen molar-refractivity contribution in [2.24, 2.45) is 0 Å². The number of carbonyl (C=O) groups is 1. The molecule has 0 aliphatic rings. The van der Waals surface area contributed by atoms with Crippen LogP contribution in [0.25, 0.3) is 0 Å². The summed E-state index contributed by atoms with van der Waals surface area (Å²) in [7, 11) is 0. The number of amides is 1. The quantitative estimate of drug-likeness (QED) is 0.828. The normalized spacial score (nSPS) is 10.5. The summed E-state index contributed by atoms with van der Waals surface area (Å²) in [4.78, 5) is 12.2. The fraction of sp³-hybridized carbons (Fsp3) is 0.188. The lowest BCUT2D eigenvalue weighted by atomic mass is 10.1. The van der Waals surface area contributed by atoms with Crippen LogP contribution in [0.3, 0.4) is 0 Å². The number of carbonyl (C=O) groups excluding carboxylic acids is 1. The highest BCUT2D eigenvalue weighted by Crippen LogP contribution is 2.27. The lowest BCUT2D eigenvalue weighted by Crippen LogP contribution is -2.18. The zero-order valence-corrected chi connectivity index (χ0v) is 12.1. The Labute approximate surface area is 121 Å². The Kier molecular flexibility index (Phi) is 3.93. The minimum atomic E-state index is -0.903. The number of nitrogens with one attached hydrogen (secondary N) is 1. The third-order valence-corrected chi connectivity index (χ3v) is 3.52. The Balaban J connectivity index is 2.45. The maximum absolute atomic E-state index is 14.0. The number of anilines is 2. The van der Waals surface area contributed by atoms with Gasteiger partial charge in [-0.1, -0.05) is 12.1 Å². The number of hydrogen-bond acceptors (Lipinski definition) is 2. The summed E-state index contributed by atoms with van der Waals surface area (Å²) in [5.74, 6) is -2.62. The van der Waals surface area contributed by atoms with Gasteiger partial charge in [0, 0.05) is 0 Å². The predicted octanol–water partition coefficient (Wildman–Crippen LogP) is 3.72. The molecule has 0 aromatic heterocycles. The van der Waals surface area contributed by atoms with E-state index in [0.717, 1.165) is 17.2 Å². The van der Waals surface area contributed by atoms with Crippen molar-refractivity contribution < 1.29 is 13.6 Å². The predicted molar refractivity (Wildman–Crippen MR) is 79.4 cm³/mol. The van der Waals surface area contributed by atoms with E-state index in [0.29, 0.717) is 11.4 Å². The highest BCUT2D eigenvalue weighted by Gasteiger charge is 2.20. The smallest absolute Gasteiger partial charge is 0.261 e. The molecule has 21 heavy (non-hydrogen) atoms. The van der Waals surface area contributed by atoms with E-state index in [9.17, 15) is 13.6 Å². The maximum Gasteiger partial charge on any atom is 0.261 e. The summed E-state index contributed by atoms with van der Waals surface area (Å²) < 4.78 is 27.7. The topological polar surface area (TPSA) is 55.1 Å². The van der Waals surface area contributed by atoms with Crippen molar-refractivity contribution in [2.75, 3.05) is 11.1 Å². The summed E-state index contributed by atoms with van der Waals surface area (Å²) in [6, 6.07) is 5.81. The number of halogens is 2. The van der Waals surface area contributed by atoms with E-state index in [-0.39, 0.29) is 5.56 Å². The SMILES string of the molecule is Cc1ccc(N)c(NC(=O)c2c(F)ccc(C)c2F)c1C. The highest BCUT2D eigenvalue weighted by atomic mass is 19.1. The van der Waals surface area contributed by atoms with Crippen LogP contribution in [0.15, 0.2) is 24.3 Å². The second-order valence-electron chi connectivity index (χ2n) is 4.98. The van der Waals surface area contributed by atoms with Gasteiger partial charge in [-0.2, -0.15) is 0 Å². The van der Waals surface area contributed by atoms with Gasteiger partial charge >= 0.3 is 0 Å². The Hall–Kier alpha value is -2.43. The van der Waals surface area contributed by atoms with Gasteiger partial charge in [-0.25, -0.2) is 8.78 Å². The molecule has 0 heterocycles. The zero-order valence-electron chi connectivity index (χ0n) is 12.1. The minimum Gasteiger partial charge on any atom is -0.397 e. The monoisotopic (exact) mass is 290 g/mol. The number of benzene rings is 2. The van der Waals surface area contributed by atoms with Crippen LogP contribution in [0.4, 0.5) is 20.2 Å². The van der Waals surface area contributed by atoms with Crippen LogP contribution < -0.4 is 11.1 Å². The van der Waals surface area contributed by atoms with Gasteiger partial charge in [0.15, 0.2) is 0 Å². The Morgan fingerprint density at radius 2 is 1.67 bits per heavy atom. The van der Waals surface area contributed by atoms with Gasteiger partial charge < -0.3 is 11.1 Å². The molecular weight excluding hydrogens is 274 g/mol. The van der Waals surface area contributed by atoms with Crippen molar-refractivity contribution in [3.05, 3.63) is 58.2 Å². The van der Waals surface area contributed by atoms with Crippen molar-refractivity contribution in [3.63, 3.8) is 0 Å². The first-order valence-corrected chi connectivity index (χ1v) is 6.44. The molecule has 110 valence electrons. The molecule has 5 heteroatoms. The van der Waals surface area contributed by atoms with Crippen molar-refractivity contribution in [3.8, 4) is 0 Å². The van der Waals surface area contributed by atoms with E-state index in [2.05, 4.69) is 5.32 Å². The summed E-state index contributed by atoms with van der Waals surface area (Å²) in [6.45, 7) is 5.11. The highest BCUT2D eigenvalue weighted by molar-refractivity contribution is 6.06. The summed E-state index contributed by atoms with van der Waals surface area (Å²) in [6.07, 6.45) is 0. The van der Waals surface area contributed by atoms with Crippen LogP contribution in [-0.2, 0) is 0 Å². The maximum atomic E-state index is 14.0. The fourth-order valence-corrected chi connectivity index (χ4v) is 2.04. The van der Waals surface area contributed by atoms with E-state index in [1.54, 1.807) is 13.0 Å². The standard InChI is InChI=1S/C16H16F2N2O/c1-8-5-7-12(19)15(10(8)3)20-16(21)13-11(17)6-4-9(2)14(13)18/h4-7H,19H2,1-3H3,(H,20,21). The van der Waals surface area contributed by atoms with E-state index in [1.165, 1.54) is 13.0 Å². The number of hydrogen-bond donors (Lipinski definition) is 2. The largest absolute Gasteiger partial charge is 0.397 e. The molecule has 2 rings (SSSR count). The zero-order chi connectivity index (χ0) is 15.7. The molecule has 0 saturated carbocycles. The fourth-order valence-electron chi connectivity index (χ4n) is 2.04. The lowest BCUT2D eigenvalue weighted by Gasteiger charge is -2.14. The Morgan fingerprint density at radius 3 is 2.33 bits per heavy atom. The molecule has 0 unspecified atom stereocenters. The number of nitrogens with two attached hydrogens (primary N) is 1. The molecule has 0 radical (unpaired) electrons. The van der Waals surface area contributed by atoms with Gasteiger partial charge in [-0.05, 0) is 49.6 Å². The molecule has 0 aliphatic carbocycles. The molecule has 3 nitrogen and oxygen atoms in total. The first kappa shape index (κ1) is 15.0. The minimum absolute atomic E-state index is 0.204. The number of aryl methyl sites for hydroxylation is 2. The van der Waals surface area contributed by atoms with E-state index in [1.807, 2.05) is 13.0 Å². The number of rotatable bonds is 2. The van der Waals surface area contributed by atoms with Gasteiger partial charge in [-0.3, -0.25) is 4.79 Å². The van der Waals surface area contributed by atoms with Crippen LogP contribution >= 0.6 is 0 Å². The van der Waals surface area contributed by atoms with Crippen LogP contribution in [0, 0.1) is 32.4 Å². The first-order valence-electron chi connectivity index (χ1n) is 6.44. The third-order valence-electron chi connectivity index (χ3n) is 3.52. The van der Waals surface area contributed by atoms with Crippen LogP contribution in [0.1, 0.15) is 27.0 Å². The van der Waals surface area contributed by atoms with Gasteiger partial charge in [0.05, 0.1) is 11.4 Å². The summed E-state index contributed by atoms with van der Waals surface area (Å²) >= 11 is 0. The summed E-state index contributed by atoms with van der Waals surface area (Å²) in [5.41, 5.74) is 7.83. The van der Waals surface area contributed by atoms with Gasteiger partial charge in [0.25, 0.3) is 5.91 Å². The molecule has 2 aromatic carbocycles.